The number of carbonyl (C=O) groups excluding carboxylic acids is 1. The molecule has 1 atom stereocenters. The normalized spacial score (nSPS) is 23.2. The molecule has 1 amide bonds. The number of nitrogens with zero attached hydrogens (tertiary/aromatic N) is 2. The van der Waals surface area contributed by atoms with Gasteiger partial charge in [0.05, 0.1) is 0 Å². The molecule has 1 rings (SSSR count). The standard InChI is InChI=1S/C7H12N4O/c1-6-7(12)10-9-5-11(6)4-2-3-8/h2-3,5-6H,4,8H2,1H3,(H,10,12)/b3-2+. The summed E-state index contributed by atoms with van der Waals surface area (Å²) in [5.74, 6) is -0.0945. The number of nitrogens with one attached hydrogen (secondary N) is 1. The lowest BCUT2D eigenvalue weighted by Gasteiger charge is -2.26. The van der Waals surface area contributed by atoms with Crippen molar-refractivity contribution in [1.29, 1.82) is 0 Å². The molecule has 0 saturated carbocycles. The van der Waals surface area contributed by atoms with E-state index in [1.54, 1.807) is 17.3 Å². The molecular weight excluding hydrogens is 156 g/mol. The van der Waals surface area contributed by atoms with Crippen LogP contribution in [-0.4, -0.2) is 29.7 Å². The highest BCUT2D eigenvalue weighted by Gasteiger charge is 2.20. The predicted molar refractivity (Wildman–Crippen MR) is 46.1 cm³/mol. The fourth-order valence-corrected chi connectivity index (χ4v) is 0.898. The van der Waals surface area contributed by atoms with Crippen LogP contribution < -0.4 is 11.2 Å². The third kappa shape index (κ3) is 1.75. The highest BCUT2D eigenvalue weighted by molar-refractivity contribution is 5.86. The van der Waals surface area contributed by atoms with Crippen molar-refractivity contribution in [3.05, 3.63) is 12.3 Å². The smallest absolute Gasteiger partial charge is 0.262 e. The largest absolute Gasteiger partial charge is 0.405 e. The Hall–Kier alpha value is -1.52. The van der Waals surface area contributed by atoms with E-state index in [1.807, 2.05) is 6.92 Å². The van der Waals surface area contributed by atoms with Gasteiger partial charge in [0.15, 0.2) is 0 Å². The summed E-state index contributed by atoms with van der Waals surface area (Å²) in [6.45, 7) is 2.42. The van der Waals surface area contributed by atoms with E-state index in [0.717, 1.165) is 0 Å². The van der Waals surface area contributed by atoms with Crippen molar-refractivity contribution in [2.75, 3.05) is 6.54 Å². The van der Waals surface area contributed by atoms with Gasteiger partial charge in [0.2, 0.25) is 0 Å². The summed E-state index contributed by atoms with van der Waals surface area (Å²) in [5.41, 5.74) is 7.55. The molecule has 0 bridgehead atoms. The number of hydrazone groups is 1. The topological polar surface area (TPSA) is 70.7 Å². The Bertz CT molecular complexity index is 223. The zero-order chi connectivity index (χ0) is 8.97. The van der Waals surface area contributed by atoms with Crippen LogP contribution in [-0.2, 0) is 4.79 Å². The maximum absolute atomic E-state index is 11.0. The molecule has 0 fully saturated rings. The number of rotatable bonds is 2. The van der Waals surface area contributed by atoms with Crippen molar-refractivity contribution in [3.8, 4) is 0 Å². The molecule has 0 aromatic rings. The molecule has 66 valence electrons. The predicted octanol–water partition coefficient (Wildman–Crippen LogP) is -0.778. The minimum Gasteiger partial charge on any atom is -0.405 e. The van der Waals surface area contributed by atoms with Crippen LogP contribution in [0.25, 0.3) is 0 Å². The van der Waals surface area contributed by atoms with E-state index < -0.39 is 0 Å². The zero-order valence-electron chi connectivity index (χ0n) is 6.90. The van der Waals surface area contributed by atoms with E-state index in [9.17, 15) is 4.79 Å². The van der Waals surface area contributed by atoms with Gasteiger partial charge in [0.1, 0.15) is 12.4 Å². The van der Waals surface area contributed by atoms with Crippen molar-refractivity contribution in [2.45, 2.75) is 13.0 Å². The van der Waals surface area contributed by atoms with E-state index in [4.69, 9.17) is 5.73 Å². The first-order valence-corrected chi connectivity index (χ1v) is 3.71. The third-order valence-corrected chi connectivity index (χ3v) is 1.71. The second kappa shape index (κ2) is 3.75. The van der Waals surface area contributed by atoms with Crippen LogP contribution >= 0.6 is 0 Å². The van der Waals surface area contributed by atoms with Crippen LogP contribution in [0.5, 0.6) is 0 Å². The highest BCUT2D eigenvalue weighted by atomic mass is 16.2. The quantitative estimate of drug-likeness (QED) is 0.568. The monoisotopic (exact) mass is 168 g/mol. The van der Waals surface area contributed by atoms with E-state index in [-0.39, 0.29) is 11.9 Å². The molecule has 12 heavy (non-hydrogen) atoms. The minimum absolute atomic E-state index is 0.0945. The second-order valence-corrected chi connectivity index (χ2v) is 2.52. The number of carbonyl (C=O) groups is 1. The van der Waals surface area contributed by atoms with Gasteiger partial charge >= 0.3 is 0 Å². The summed E-state index contributed by atoms with van der Waals surface area (Å²) in [5, 5.41) is 3.67. The van der Waals surface area contributed by atoms with Gasteiger partial charge in [-0.3, -0.25) is 4.79 Å². The molecule has 1 unspecified atom stereocenters. The van der Waals surface area contributed by atoms with E-state index in [1.165, 1.54) is 6.20 Å². The van der Waals surface area contributed by atoms with Gasteiger partial charge in [-0.05, 0) is 19.2 Å². The Kier molecular flexibility index (Phi) is 2.68. The number of nitrogens with two attached hydrogens (primary N) is 1. The summed E-state index contributed by atoms with van der Waals surface area (Å²) in [6, 6.07) is -0.182. The molecule has 5 nitrogen and oxygen atoms in total. The van der Waals surface area contributed by atoms with Crippen molar-refractivity contribution >= 4 is 12.2 Å². The Labute approximate surface area is 70.9 Å². The summed E-state index contributed by atoms with van der Waals surface area (Å²) in [6.07, 6.45) is 4.81. The van der Waals surface area contributed by atoms with Crippen LogP contribution in [0.3, 0.4) is 0 Å². The Balaban J connectivity index is 2.57. The molecule has 0 aliphatic carbocycles. The maximum Gasteiger partial charge on any atom is 0.262 e. The molecule has 1 aliphatic heterocycles. The fraction of sp³-hybridized carbons (Fsp3) is 0.429. The molecule has 0 spiro atoms. The first-order valence-electron chi connectivity index (χ1n) is 3.71. The number of hydrogen-bond donors (Lipinski definition) is 2. The van der Waals surface area contributed by atoms with Crippen molar-refractivity contribution < 1.29 is 4.79 Å². The fourth-order valence-electron chi connectivity index (χ4n) is 0.898. The van der Waals surface area contributed by atoms with Crippen LogP contribution in [0, 0.1) is 0 Å². The molecule has 3 N–H and O–H groups in total. The van der Waals surface area contributed by atoms with Crippen LogP contribution in [0.2, 0.25) is 0 Å². The Morgan fingerprint density at radius 1 is 1.92 bits per heavy atom. The van der Waals surface area contributed by atoms with Gasteiger partial charge in [-0.1, -0.05) is 0 Å². The van der Waals surface area contributed by atoms with E-state index >= 15 is 0 Å². The molecule has 5 heteroatoms. The molecular formula is C7H12N4O. The zero-order valence-corrected chi connectivity index (χ0v) is 6.90. The lowest BCUT2D eigenvalue weighted by molar-refractivity contribution is -0.125. The summed E-state index contributed by atoms with van der Waals surface area (Å²) in [7, 11) is 0. The lowest BCUT2D eigenvalue weighted by Crippen LogP contribution is -2.47. The van der Waals surface area contributed by atoms with Crippen LogP contribution in [0.4, 0.5) is 0 Å². The molecule has 0 radical (unpaired) electrons. The van der Waals surface area contributed by atoms with Gasteiger partial charge in [-0.15, -0.1) is 0 Å². The molecule has 0 aromatic heterocycles. The van der Waals surface area contributed by atoms with Crippen molar-refractivity contribution in [1.82, 2.24) is 10.3 Å². The molecule has 1 heterocycles. The Morgan fingerprint density at radius 3 is 3.33 bits per heavy atom. The van der Waals surface area contributed by atoms with Gasteiger partial charge < -0.3 is 10.6 Å². The minimum atomic E-state index is -0.182. The first kappa shape index (κ1) is 8.58. The van der Waals surface area contributed by atoms with Gasteiger partial charge in [0, 0.05) is 6.54 Å². The van der Waals surface area contributed by atoms with E-state index in [0.29, 0.717) is 6.54 Å². The summed E-state index contributed by atoms with van der Waals surface area (Å²) >= 11 is 0. The average Bonchev–Trinajstić information content (AvgIpc) is 2.08. The molecule has 0 saturated heterocycles. The van der Waals surface area contributed by atoms with Crippen LogP contribution in [0.15, 0.2) is 17.4 Å². The SMILES string of the molecule is CC1C(=O)NN=CN1C/C=C/N. The molecule has 1 aliphatic rings. The van der Waals surface area contributed by atoms with Gasteiger partial charge in [0.25, 0.3) is 5.91 Å². The number of hydrogen-bond acceptors (Lipinski definition) is 4. The van der Waals surface area contributed by atoms with E-state index in [2.05, 4.69) is 10.5 Å². The summed E-state index contributed by atoms with van der Waals surface area (Å²) in [4.78, 5) is 12.8. The van der Waals surface area contributed by atoms with Crippen molar-refractivity contribution in [3.63, 3.8) is 0 Å². The van der Waals surface area contributed by atoms with Crippen LogP contribution in [0.1, 0.15) is 6.92 Å². The second-order valence-electron chi connectivity index (χ2n) is 2.52. The highest BCUT2D eigenvalue weighted by Crippen LogP contribution is 1.99. The Morgan fingerprint density at radius 2 is 2.67 bits per heavy atom. The number of amides is 1. The average molecular weight is 168 g/mol. The first-order chi connectivity index (χ1) is 5.75. The maximum atomic E-state index is 11.0. The van der Waals surface area contributed by atoms with Gasteiger partial charge in [-0.2, -0.15) is 5.10 Å². The molecule has 0 aromatic carbocycles. The third-order valence-electron chi connectivity index (χ3n) is 1.71. The van der Waals surface area contributed by atoms with Crippen molar-refractivity contribution in [2.24, 2.45) is 10.8 Å². The van der Waals surface area contributed by atoms with Gasteiger partial charge in [-0.25, -0.2) is 5.43 Å². The lowest BCUT2D eigenvalue weighted by atomic mass is 10.2. The summed E-state index contributed by atoms with van der Waals surface area (Å²) < 4.78 is 0.